The van der Waals surface area contributed by atoms with Gasteiger partial charge in [-0.1, -0.05) is 13.3 Å². The number of hydrogen-bond acceptors (Lipinski definition) is 1. The van der Waals surface area contributed by atoms with Crippen molar-refractivity contribution in [3.05, 3.63) is 0 Å². The van der Waals surface area contributed by atoms with Crippen molar-refractivity contribution in [1.29, 1.82) is 0 Å². The van der Waals surface area contributed by atoms with Crippen LogP contribution < -0.4 is 5.73 Å². The maximum Gasteiger partial charge on any atom is 0.00670 e. The first-order valence-corrected chi connectivity index (χ1v) is 3.60. The van der Waals surface area contributed by atoms with Crippen LogP contribution >= 0.6 is 12.4 Å². The Labute approximate surface area is 63.4 Å². The Kier molecular flexibility index (Phi) is 4.24. The van der Waals surface area contributed by atoms with E-state index in [0.717, 1.165) is 5.92 Å². The van der Waals surface area contributed by atoms with E-state index in [1.54, 1.807) is 0 Å². The molecular formula is C7H16ClN. The minimum atomic E-state index is 0. The minimum absolute atomic E-state index is 0. The zero-order valence-corrected chi connectivity index (χ0v) is 6.79. The second kappa shape index (κ2) is 4.13. The van der Waals surface area contributed by atoms with Crippen LogP contribution in [0.2, 0.25) is 0 Å². The summed E-state index contributed by atoms with van der Waals surface area (Å²) in [5.41, 5.74) is 5.79. The molecule has 0 radical (unpaired) electrons. The van der Waals surface area contributed by atoms with Gasteiger partial charge in [-0.3, -0.25) is 0 Å². The largest absolute Gasteiger partial charge is 0.327 e. The highest BCUT2D eigenvalue weighted by atomic mass is 35.5. The first kappa shape index (κ1) is 9.25. The second-order valence-electron chi connectivity index (χ2n) is 2.79. The first-order valence-electron chi connectivity index (χ1n) is 3.60. The minimum Gasteiger partial charge on any atom is -0.327 e. The SMILES string of the molecule is CCC[C@@H](N)C1CC1.Cl. The monoisotopic (exact) mass is 149 g/mol. The maximum atomic E-state index is 5.79. The number of nitrogens with two attached hydrogens (primary N) is 1. The molecule has 0 bridgehead atoms. The summed E-state index contributed by atoms with van der Waals surface area (Å²) in [5.74, 6) is 0.898. The van der Waals surface area contributed by atoms with Gasteiger partial charge in [0.1, 0.15) is 0 Å². The molecule has 0 aromatic carbocycles. The number of halogens is 1. The van der Waals surface area contributed by atoms with Gasteiger partial charge in [-0.05, 0) is 25.2 Å². The molecule has 0 aliphatic heterocycles. The molecule has 1 rings (SSSR count). The molecular weight excluding hydrogens is 134 g/mol. The Morgan fingerprint density at radius 3 is 2.44 bits per heavy atom. The summed E-state index contributed by atoms with van der Waals surface area (Å²) in [5, 5.41) is 0. The summed E-state index contributed by atoms with van der Waals surface area (Å²) in [6.07, 6.45) is 5.25. The highest BCUT2D eigenvalue weighted by Gasteiger charge is 2.27. The van der Waals surface area contributed by atoms with Gasteiger partial charge in [-0.2, -0.15) is 0 Å². The van der Waals surface area contributed by atoms with Gasteiger partial charge in [0.15, 0.2) is 0 Å². The van der Waals surface area contributed by atoms with E-state index in [4.69, 9.17) is 5.73 Å². The van der Waals surface area contributed by atoms with Gasteiger partial charge >= 0.3 is 0 Å². The molecule has 1 atom stereocenters. The van der Waals surface area contributed by atoms with Crippen molar-refractivity contribution in [2.24, 2.45) is 11.7 Å². The number of rotatable bonds is 3. The van der Waals surface area contributed by atoms with Crippen LogP contribution in [0.4, 0.5) is 0 Å². The molecule has 0 unspecified atom stereocenters. The fraction of sp³-hybridized carbons (Fsp3) is 1.00. The lowest BCUT2D eigenvalue weighted by atomic mass is 10.1. The quantitative estimate of drug-likeness (QED) is 0.652. The van der Waals surface area contributed by atoms with E-state index >= 15 is 0 Å². The van der Waals surface area contributed by atoms with Gasteiger partial charge in [0.25, 0.3) is 0 Å². The molecule has 0 heterocycles. The van der Waals surface area contributed by atoms with E-state index < -0.39 is 0 Å². The van der Waals surface area contributed by atoms with Crippen molar-refractivity contribution in [3.63, 3.8) is 0 Å². The van der Waals surface area contributed by atoms with E-state index in [1.807, 2.05) is 0 Å². The molecule has 56 valence electrons. The lowest BCUT2D eigenvalue weighted by molar-refractivity contribution is 0.543. The smallest absolute Gasteiger partial charge is 0.00670 e. The Bertz CT molecular complexity index is 71.3. The van der Waals surface area contributed by atoms with E-state index in [0.29, 0.717) is 6.04 Å². The summed E-state index contributed by atoms with van der Waals surface area (Å²) in [6.45, 7) is 2.20. The predicted molar refractivity (Wildman–Crippen MR) is 42.9 cm³/mol. The van der Waals surface area contributed by atoms with Gasteiger partial charge in [0.2, 0.25) is 0 Å². The Balaban J connectivity index is 0.000000640. The lowest BCUT2D eigenvalue weighted by Crippen LogP contribution is -2.21. The highest BCUT2D eigenvalue weighted by molar-refractivity contribution is 5.85. The van der Waals surface area contributed by atoms with Gasteiger partial charge in [-0.25, -0.2) is 0 Å². The van der Waals surface area contributed by atoms with Crippen molar-refractivity contribution in [2.75, 3.05) is 0 Å². The molecule has 1 saturated carbocycles. The van der Waals surface area contributed by atoms with Gasteiger partial charge in [0, 0.05) is 6.04 Å². The summed E-state index contributed by atoms with van der Waals surface area (Å²) >= 11 is 0. The second-order valence-corrected chi connectivity index (χ2v) is 2.79. The molecule has 2 heteroatoms. The fourth-order valence-electron chi connectivity index (χ4n) is 1.09. The predicted octanol–water partition coefficient (Wildman–Crippen LogP) is 1.95. The molecule has 1 nitrogen and oxygen atoms in total. The van der Waals surface area contributed by atoms with E-state index in [-0.39, 0.29) is 12.4 Å². The van der Waals surface area contributed by atoms with Crippen LogP contribution in [0.1, 0.15) is 32.6 Å². The molecule has 0 saturated heterocycles. The summed E-state index contributed by atoms with van der Waals surface area (Å²) in [6, 6.07) is 0.528. The molecule has 1 aliphatic rings. The normalized spacial score (nSPS) is 20.7. The van der Waals surface area contributed by atoms with Crippen LogP contribution in [0.25, 0.3) is 0 Å². The zero-order valence-electron chi connectivity index (χ0n) is 5.97. The van der Waals surface area contributed by atoms with Crippen LogP contribution in [-0.4, -0.2) is 6.04 Å². The van der Waals surface area contributed by atoms with Crippen LogP contribution in [0.5, 0.6) is 0 Å². The first-order chi connectivity index (χ1) is 3.84. The molecule has 0 aromatic heterocycles. The molecule has 2 N–H and O–H groups in total. The third-order valence-electron chi connectivity index (χ3n) is 1.85. The molecule has 0 amide bonds. The summed E-state index contributed by atoms with van der Waals surface area (Å²) in [4.78, 5) is 0. The van der Waals surface area contributed by atoms with E-state index in [2.05, 4.69) is 6.92 Å². The maximum absolute atomic E-state index is 5.79. The van der Waals surface area contributed by atoms with Gasteiger partial charge < -0.3 is 5.73 Å². The molecule has 9 heavy (non-hydrogen) atoms. The molecule has 0 spiro atoms. The summed E-state index contributed by atoms with van der Waals surface area (Å²) in [7, 11) is 0. The van der Waals surface area contributed by atoms with E-state index in [9.17, 15) is 0 Å². The average Bonchev–Trinajstić information content (AvgIpc) is 2.45. The van der Waals surface area contributed by atoms with Crippen molar-refractivity contribution in [3.8, 4) is 0 Å². The topological polar surface area (TPSA) is 26.0 Å². The zero-order chi connectivity index (χ0) is 5.98. The van der Waals surface area contributed by atoms with Gasteiger partial charge in [-0.15, -0.1) is 12.4 Å². The van der Waals surface area contributed by atoms with Crippen LogP contribution in [0, 0.1) is 5.92 Å². The van der Waals surface area contributed by atoms with Crippen LogP contribution in [0.3, 0.4) is 0 Å². The summed E-state index contributed by atoms with van der Waals surface area (Å²) < 4.78 is 0. The van der Waals surface area contributed by atoms with Crippen molar-refractivity contribution >= 4 is 12.4 Å². The Morgan fingerprint density at radius 1 is 1.56 bits per heavy atom. The Hall–Kier alpha value is 0.250. The molecule has 0 aromatic rings. The van der Waals surface area contributed by atoms with Gasteiger partial charge in [0.05, 0.1) is 0 Å². The molecule has 1 fully saturated rings. The van der Waals surface area contributed by atoms with Crippen LogP contribution in [0.15, 0.2) is 0 Å². The fourth-order valence-corrected chi connectivity index (χ4v) is 1.09. The van der Waals surface area contributed by atoms with Crippen molar-refractivity contribution < 1.29 is 0 Å². The average molecular weight is 150 g/mol. The Morgan fingerprint density at radius 2 is 2.11 bits per heavy atom. The highest BCUT2D eigenvalue weighted by Crippen LogP contribution is 2.32. The van der Waals surface area contributed by atoms with Crippen LogP contribution in [-0.2, 0) is 0 Å². The third kappa shape index (κ3) is 3.07. The lowest BCUT2D eigenvalue weighted by Gasteiger charge is -2.05. The van der Waals surface area contributed by atoms with E-state index in [1.165, 1.54) is 25.7 Å². The number of hydrogen-bond donors (Lipinski definition) is 1. The third-order valence-corrected chi connectivity index (χ3v) is 1.85. The van der Waals surface area contributed by atoms with Crippen molar-refractivity contribution in [2.45, 2.75) is 38.6 Å². The van der Waals surface area contributed by atoms with Crippen molar-refractivity contribution in [1.82, 2.24) is 0 Å². The standard InChI is InChI=1S/C7H15N.ClH/c1-2-3-7(8)6-4-5-6;/h6-7H,2-5,8H2,1H3;1H/t7-;/m1./s1. The molecule has 1 aliphatic carbocycles.